The SMILES string of the molecule is CC(C)(C)c1csc(NCCN2CCOCC2)n1. The maximum atomic E-state index is 5.33. The number of morpholine rings is 1. The third-order valence-electron chi connectivity index (χ3n) is 3.08. The topological polar surface area (TPSA) is 37.4 Å². The van der Waals surface area contributed by atoms with Crippen molar-refractivity contribution in [1.29, 1.82) is 0 Å². The first-order valence-electron chi connectivity index (χ1n) is 6.56. The van der Waals surface area contributed by atoms with Crippen LogP contribution < -0.4 is 5.32 Å². The van der Waals surface area contributed by atoms with Gasteiger partial charge < -0.3 is 10.1 Å². The van der Waals surface area contributed by atoms with Crippen molar-refractivity contribution >= 4 is 16.5 Å². The standard InChI is InChI=1S/C13H23N3OS/c1-13(2,3)11-10-18-12(15-11)14-4-5-16-6-8-17-9-7-16/h10H,4-9H2,1-3H3,(H,14,15). The van der Waals surface area contributed by atoms with Crippen molar-refractivity contribution < 1.29 is 4.74 Å². The fourth-order valence-electron chi connectivity index (χ4n) is 1.85. The van der Waals surface area contributed by atoms with Gasteiger partial charge in [-0.2, -0.15) is 0 Å². The molecular formula is C13H23N3OS. The van der Waals surface area contributed by atoms with E-state index in [0.717, 1.165) is 44.5 Å². The molecule has 5 heteroatoms. The minimum Gasteiger partial charge on any atom is -0.379 e. The summed E-state index contributed by atoms with van der Waals surface area (Å²) in [6, 6.07) is 0. The van der Waals surface area contributed by atoms with E-state index in [4.69, 9.17) is 4.74 Å². The predicted molar refractivity (Wildman–Crippen MR) is 76.6 cm³/mol. The van der Waals surface area contributed by atoms with E-state index >= 15 is 0 Å². The van der Waals surface area contributed by atoms with Crippen LogP contribution >= 0.6 is 11.3 Å². The normalized spacial score (nSPS) is 17.9. The Morgan fingerprint density at radius 3 is 2.72 bits per heavy atom. The number of thiazole rings is 1. The Morgan fingerprint density at radius 1 is 1.39 bits per heavy atom. The van der Waals surface area contributed by atoms with Crippen molar-refractivity contribution in [1.82, 2.24) is 9.88 Å². The second-order valence-electron chi connectivity index (χ2n) is 5.67. The molecule has 1 aromatic heterocycles. The summed E-state index contributed by atoms with van der Waals surface area (Å²) in [6.07, 6.45) is 0. The lowest BCUT2D eigenvalue weighted by atomic mass is 9.93. The largest absolute Gasteiger partial charge is 0.379 e. The Kier molecular flexibility index (Phi) is 4.59. The van der Waals surface area contributed by atoms with Gasteiger partial charge in [-0.1, -0.05) is 20.8 Å². The third kappa shape index (κ3) is 3.93. The Bertz CT molecular complexity index is 367. The number of ether oxygens (including phenoxy) is 1. The van der Waals surface area contributed by atoms with Gasteiger partial charge in [-0.15, -0.1) is 11.3 Å². The second-order valence-corrected chi connectivity index (χ2v) is 6.53. The molecule has 102 valence electrons. The van der Waals surface area contributed by atoms with Gasteiger partial charge in [0.25, 0.3) is 0 Å². The van der Waals surface area contributed by atoms with Crippen LogP contribution in [0.4, 0.5) is 5.13 Å². The predicted octanol–water partition coefficient (Wildman–Crippen LogP) is 2.18. The lowest BCUT2D eigenvalue weighted by Gasteiger charge is -2.26. The van der Waals surface area contributed by atoms with Crippen molar-refractivity contribution in [3.05, 3.63) is 11.1 Å². The summed E-state index contributed by atoms with van der Waals surface area (Å²) in [5, 5.41) is 6.59. The molecule has 1 aliphatic rings. The Balaban J connectivity index is 1.74. The number of hydrogen-bond acceptors (Lipinski definition) is 5. The van der Waals surface area contributed by atoms with E-state index in [1.54, 1.807) is 11.3 Å². The zero-order valence-electron chi connectivity index (χ0n) is 11.5. The summed E-state index contributed by atoms with van der Waals surface area (Å²) < 4.78 is 5.33. The summed E-state index contributed by atoms with van der Waals surface area (Å²) in [6.45, 7) is 12.4. The number of anilines is 1. The van der Waals surface area contributed by atoms with E-state index in [9.17, 15) is 0 Å². The highest BCUT2D eigenvalue weighted by Crippen LogP contribution is 2.26. The molecule has 0 atom stereocenters. The van der Waals surface area contributed by atoms with Crippen molar-refractivity contribution in [3.63, 3.8) is 0 Å². The van der Waals surface area contributed by atoms with E-state index in [1.807, 2.05) is 0 Å². The minimum absolute atomic E-state index is 0.140. The van der Waals surface area contributed by atoms with Crippen molar-refractivity contribution in [2.45, 2.75) is 26.2 Å². The van der Waals surface area contributed by atoms with Crippen LogP contribution in [0.5, 0.6) is 0 Å². The molecule has 0 spiro atoms. The zero-order valence-corrected chi connectivity index (χ0v) is 12.3. The first-order valence-corrected chi connectivity index (χ1v) is 7.43. The van der Waals surface area contributed by atoms with Crippen LogP contribution in [0, 0.1) is 0 Å². The van der Waals surface area contributed by atoms with Crippen LogP contribution in [0.1, 0.15) is 26.5 Å². The molecular weight excluding hydrogens is 246 g/mol. The molecule has 4 nitrogen and oxygen atoms in total. The summed E-state index contributed by atoms with van der Waals surface area (Å²) in [7, 11) is 0. The highest BCUT2D eigenvalue weighted by Gasteiger charge is 2.17. The summed E-state index contributed by atoms with van der Waals surface area (Å²) in [5.74, 6) is 0. The molecule has 1 aromatic rings. The number of aromatic nitrogens is 1. The average molecular weight is 269 g/mol. The quantitative estimate of drug-likeness (QED) is 0.909. The molecule has 0 aliphatic carbocycles. The van der Waals surface area contributed by atoms with Gasteiger partial charge in [0, 0.05) is 37.0 Å². The van der Waals surface area contributed by atoms with Gasteiger partial charge in [-0.3, -0.25) is 4.90 Å². The van der Waals surface area contributed by atoms with Crippen LogP contribution in [-0.2, 0) is 10.2 Å². The molecule has 2 rings (SSSR count). The van der Waals surface area contributed by atoms with Crippen LogP contribution in [0.25, 0.3) is 0 Å². The maximum absolute atomic E-state index is 5.33. The Morgan fingerprint density at radius 2 is 2.11 bits per heavy atom. The molecule has 0 aromatic carbocycles. The fraction of sp³-hybridized carbons (Fsp3) is 0.769. The molecule has 0 radical (unpaired) electrons. The molecule has 1 aliphatic heterocycles. The number of rotatable bonds is 4. The molecule has 0 saturated carbocycles. The summed E-state index contributed by atoms with van der Waals surface area (Å²) >= 11 is 1.70. The number of nitrogens with one attached hydrogen (secondary N) is 1. The van der Waals surface area contributed by atoms with Crippen LogP contribution in [0.3, 0.4) is 0 Å². The van der Waals surface area contributed by atoms with E-state index in [1.165, 1.54) is 5.69 Å². The van der Waals surface area contributed by atoms with E-state index in [-0.39, 0.29) is 5.41 Å². The number of hydrogen-bond donors (Lipinski definition) is 1. The first-order chi connectivity index (χ1) is 8.55. The van der Waals surface area contributed by atoms with E-state index in [0.29, 0.717) is 0 Å². The summed E-state index contributed by atoms with van der Waals surface area (Å²) in [5.41, 5.74) is 1.31. The molecule has 0 amide bonds. The Hall–Kier alpha value is -0.650. The van der Waals surface area contributed by atoms with Crippen LogP contribution in [-0.4, -0.2) is 49.3 Å². The molecule has 0 unspecified atom stereocenters. The van der Waals surface area contributed by atoms with Gasteiger partial charge in [0.05, 0.1) is 18.9 Å². The molecule has 0 bridgehead atoms. The van der Waals surface area contributed by atoms with Gasteiger partial charge in [-0.05, 0) is 0 Å². The van der Waals surface area contributed by atoms with Gasteiger partial charge in [0.15, 0.2) is 5.13 Å². The lowest BCUT2D eigenvalue weighted by molar-refractivity contribution is 0.0398. The minimum atomic E-state index is 0.140. The molecule has 1 N–H and O–H groups in total. The van der Waals surface area contributed by atoms with Crippen LogP contribution in [0.2, 0.25) is 0 Å². The molecule has 1 fully saturated rings. The van der Waals surface area contributed by atoms with Gasteiger partial charge in [0.1, 0.15) is 0 Å². The molecule has 1 saturated heterocycles. The van der Waals surface area contributed by atoms with Crippen molar-refractivity contribution in [2.24, 2.45) is 0 Å². The van der Waals surface area contributed by atoms with Crippen molar-refractivity contribution in [3.8, 4) is 0 Å². The maximum Gasteiger partial charge on any atom is 0.182 e. The third-order valence-corrected chi connectivity index (χ3v) is 3.88. The molecule has 18 heavy (non-hydrogen) atoms. The van der Waals surface area contributed by atoms with E-state index < -0.39 is 0 Å². The lowest BCUT2D eigenvalue weighted by Crippen LogP contribution is -2.39. The Labute approximate surface area is 113 Å². The van der Waals surface area contributed by atoms with Gasteiger partial charge in [0.2, 0.25) is 0 Å². The second kappa shape index (κ2) is 5.99. The number of nitrogens with zero attached hydrogens (tertiary/aromatic N) is 2. The summed E-state index contributed by atoms with van der Waals surface area (Å²) in [4.78, 5) is 7.05. The first kappa shape index (κ1) is 13.8. The average Bonchev–Trinajstić information content (AvgIpc) is 2.79. The van der Waals surface area contributed by atoms with Crippen LogP contribution in [0.15, 0.2) is 5.38 Å². The van der Waals surface area contributed by atoms with Crippen molar-refractivity contribution in [2.75, 3.05) is 44.7 Å². The molecule has 2 heterocycles. The highest BCUT2D eigenvalue weighted by molar-refractivity contribution is 7.13. The smallest absolute Gasteiger partial charge is 0.182 e. The van der Waals surface area contributed by atoms with Gasteiger partial charge >= 0.3 is 0 Å². The van der Waals surface area contributed by atoms with Gasteiger partial charge in [-0.25, -0.2) is 4.98 Å². The van der Waals surface area contributed by atoms with E-state index in [2.05, 4.69) is 41.4 Å². The highest BCUT2D eigenvalue weighted by atomic mass is 32.1. The zero-order chi connectivity index (χ0) is 13.0. The fourth-order valence-corrected chi connectivity index (χ4v) is 2.81. The monoisotopic (exact) mass is 269 g/mol.